The SMILES string of the molecule is Cc1nn(CC(C)C)c(Cl)c1/C=C/C(=O)Nc1cccc(OCCS(C)(=O)=O)c1. The molecule has 0 aliphatic carbocycles. The maximum Gasteiger partial charge on any atom is 0.248 e. The summed E-state index contributed by atoms with van der Waals surface area (Å²) in [5, 5.41) is 7.66. The maximum atomic E-state index is 12.3. The number of aromatic nitrogens is 2. The largest absolute Gasteiger partial charge is 0.492 e. The standard InChI is InChI=1S/C20H26ClN3O4S/c1-14(2)13-24-20(21)18(15(3)23-24)8-9-19(25)22-16-6-5-7-17(12-16)28-10-11-29(4,26)27/h5-9,12,14H,10-11,13H2,1-4H3,(H,22,25)/b9-8+. The molecule has 1 N–H and O–H groups in total. The third kappa shape index (κ3) is 7.55. The minimum atomic E-state index is -3.09. The summed E-state index contributed by atoms with van der Waals surface area (Å²) in [5.74, 6) is 0.477. The second-order valence-corrected chi connectivity index (χ2v) is 9.81. The number of carbonyl (C=O) groups is 1. The molecule has 0 atom stereocenters. The number of ether oxygens (including phenoxy) is 1. The van der Waals surface area contributed by atoms with Gasteiger partial charge in [-0.15, -0.1) is 0 Å². The van der Waals surface area contributed by atoms with E-state index in [9.17, 15) is 13.2 Å². The lowest BCUT2D eigenvalue weighted by Gasteiger charge is -2.08. The topological polar surface area (TPSA) is 90.3 Å². The van der Waals surface area contributed by atoms with Gasteiger partial charge in [0.15, 0.2) is 9.84 Å². The Morgan fingerprint density at radius 1 is 1.38 bits per heavy atom. The van der Waals surface area contributed by atoms with Crippen molar-refractivity contribution in [3.05, 3.63) is 46.8 Å². The fourth-order valence-corrected chi connectivity index (χ4v) is 3.23. The van der Waals surface area contributed by atoms with Crippen molar-refractivity contribution >= 4 is 39.1 Å². The molecule has 7 nitrogen and oxygen atoms in total. The van der Waals surface area contributed by atoms with Crippen LogP contribution in [0.3, 0.4) is 0 Å². The summed E-state index contributed by atoms with van der Waals surface area (Å²) < 4.78 is 29.5. The average molecular weight is 440 g/mol. The van der Waals surface area contributed by atoms with Crippen LogP contribution in [0.4, 0.5) is 5.69 Å². The van der Waals surface area contributed by atoms with Crippen LogP contribution in [-0.2, 0) is 21.2 Å². The van der Waals surface area contributed by atoms with Gasteiger partial charge in [0.05, 0.1) is 11.4 Å². The molecule has 0 unspecified atom stereocenters. The summed E-state index contributed by atoms with van der Waals surface area (Å²) in [5.41, 5.74) is 2.00. The molecule has 0 fully saturated rings. The summed E-state index contributed by atoms with van der Waals surface area (Å²) >= 11 is 6.38. The van der Waals surface area contributed by atoms with Crippen LogP contribution in [0.25, 0.3) is 6.08 Å². The predicted octanol–water partition coefficient (Wildman–Crippen LogP) is 3.58. The molecule has 2 aromatic rings. The predicted molar refractivity (Wildman–Crippen MR) is 116 cm³/mol. The molecule has 1 aromatic carbocycles. The number of hydrogen-bond donors (Lipinski definition) is 1. The van der Waals surface area contributed by atoms with Gasteiger partial charge in [-0.1, -0.05) is 31.5 Å². The highest BCUT2D eigenvalue weighted by atomic mass is 35.5. The first-order valence-electron chi connectivity index (χ1n) is 9.17. The van der Waals surface area contributed by atoms with E-state index >= 15 is 0 Å². The Hall–Kier alpha value is -2.32. The van der Waals surface area contributed by atoms with Crippen LogP contribution in [0, 0.1) is 12.8 Å². The van der Waals surface area contributed by atoms with E-state index in [1.54, 1.807) is 35.0 Å². The van der Waals surface area contributed by atoms with Crippen LogP contribution >= 0.6 is 11.6 Å². The summed E-state index contributed by atoms with van der Waals surface area (Å²) in [6.45, 7) is 6.75. The first-order chi connectivity index (χ1) is 13.5. The zero-order valence-corrected chi connectivity index (χ0v) is 18.5. The minimum absolute atomic E-state index is 0.0499. The van der Waals surface area contributed by atoms with Gasteiger partial charge in [-0.05, 0) is 31.1 Å². The van der Waals surface area contributed by atoms with Gasteiger partial charge < -0.3 is 10.1 Å². The number of anilines is 1. The highest BCUT2D eigenvalue weighted by Gasteiger charge is 2.12. The Morgan fingerprint density at radius 3 is 2.76 bits per heavy atom. The Labute approximate surface area is 176 Å². The molecule has 9 heteroatoms. The van der Waals surface area contributed by atoms with Gasteiger partial charge in [0.1, 0.15) is 17.5 Å². The number of benzene rings is 1. The fourth-order valence-electron chi connectivity index (χ4n) is 2.54. The molecule has 1 amide bonds. The summed E-state index contributed by atoms with van der Waals surface area (Å²) in [7, 11) is -3.09. The van der Waals surface area contributed by atoms with Crippen LogP contribution < -0.4 is 10.1 Å². The van der Waals surface area contributed by atoms with Gasteiger partial charge in [-0.2, -0.15) is 5.10 Å². The number of nitrogens with one attached hydrogen (secondary N) is 1. The number of aryl methyl sites for hydroxylation is 1. The normalized spacial score (nSPS) is 11.9. The first-order valence-corrected chi connectivity index (χ1v) is 11.6. The van der Waals surface area contributed by atoms with Crippen LogP contribution in [0.15, 0.2) is 30.3 Å². The van der Waals surface area contributed by atoms with E-state index in [4.69, 9.17) is 16.3 Å². The van der Waals surface area contributed by atoms with Gasteiger partial charge in [0.25, 0.3) is 0 Å². The number of halogens is 1. The molecule has 1 heterocycles. The summed E-state index contributed by atoms with van der Waals surface area (Å²) in [6, 6.07) is 6.76. The average Bonchev–Trinajstić information content (AvgIpc) is 2.85. The molecule has 2 rings (SSSR count). The minimum Gasteiger partial charge on any atom is -0.492 e. The number of amides is 1. The molecule has 0 aliphatic heterocycles. The van der Waals surface area contributed by atoms with E-state index in [1.807, 2.05) is 6.92 Å². The van der Waals surface area contributed by atoms with E-state index in [0.717, 1.165) is 11.9 Å². The third-order valence-electron chi connectivity index (χ3n) is 3.87. The van der Waals surface area contributed by atoms with Gasteiger partial charge in [-0.3, -0.25) is 9.48 Å². The maximum absolute atomic E-state index is 12.3. The zero-order chi connectivity index (χ0) is 21.6. The van der Waals surface area contributed by atoms with Gasteiger partial charge >= 0.3 is 0 Å². The molecule has 0 radical (unpaired) electrons. The molecule has 0 bridgehead atoms. The Bertz CT molecular complexity index is 997. The number of rotatable bonds is 9. The summed E-state index contributed by atoms with van der Waals surface area (Å²) in [4.78, 5) is 12.3. The molecule has 0 saturated heterocycles. The monoisotopic (exact) mass is 439 g/mol. The second kappa shape index (κ2) is 9.93. The highest BCUT2D eigenvalue weighted by molar-refractivity contribution is 7.90. The van der Waals surface area contributed by atoms with E-state index in [-0.39, 0.29) is 18.3 Å². The van der Waals surface area contributed by atoms with Crippen LogP contribution in [0.2, 0.25) is 5.15 Å². The number of nitrogens with zero attached hydrogens (tertiary/aromatic N) is 2. The van der Waals surface area contributed by atoms with Crippen molar-refractivity contribution < 1.29 is 17.9 Å². The van der Waals surface area contributed by atoms with Crippen LogP contribution in [-0.4, -0.2) is 42.7 Å². The van der Waals surface area contributed by atoms with E-state index in [1.165, 1.54) is 6.08 Å². The lowest BCUT2D eigenvalue weighted by atomic mass is 10.2. The Balaban J connectivity index is 2.01. The van der Waals surface area contributed by atoms with Gasteiger partial charge in [0, 0.05) is 36.2 Å². The van der Waals surface area contributed by atoms with Gasteiger partial charge in [0.2, 0.25) is 5.91 Å². The van der Waals surface area contributed by atoms with E-state index in [0.29, 0.717) is 34.6 Å². The lowest BCUT2D eigenvalue weighted by Crippen LogP contribution is -2.12. The molecule has 158 valence electrons. The smallest absolute Gasteiger partial charge is 0.248 e. The fraction of sp³-hybridized carbons (Fsp3) is 0.400. The van der Waals surface area contributed by atoms with Crippen molar-refractivity contribution in [3.63, 3.8) is 0 Å². The van der Waals surface area contributed by atoms with Crippen molar-refractivity contribution in [1.29, 1.82) is 0 Å². The van der Waals surface area contributed by atoms with Crippen molar-refractivity contribution in [2.24, 2.45) is 5.92 Å². The van der Waals surface area contributed by atoms with E-state index in [2.05, 4.69) is 24.3 Å². The number of sulfone groups is 1. The van der Waals surface area contributed by atoms with Crippen molar-refractivity contribution in [2.75, 3.05) is 23.9 Å². The highest BCUT2D eigenvalue weighted by Crippen LogP contribution is 2.22. The van der Waals surface area contributed by atoms with Crippen molar-refractivity contribution in [2.45, 2.75) is 27.3 Å². The molecule has 1 aromatic heterocycles. The molecular formula is C20H26ClN3O4S. The van der Waals surface area contributed by atoms with Crippen molar-refractivity contribution in [1.82, 2.24) is 9.78 Å². The van der Waals surface area contributed by atoms with Crippen molar-refractivity contribution in [3.8, 4) is 5.75 Å². The zero-order valence-electron chi connectivity index (χ0n) is 17.0. The molecule has 0 saturated carbocycles. The second-order valence-electron chi connectivity index (χ2n) is 7.19. The lowest BCUT2D eigenvalue weighted by molar-refractivity contribution is -0.111. The Morgan fingerprint density at radius 2 is 2.10 bits per heavy atom. The van der Waals surface area contributed by atoms with Gasteiger partial charge in [-0.25, -0.2) is 8.42 Å². The quantitative estimate of drug-likeness (QED) is 0.603. The third-order valence-corrected chi connectivity index (χ3v) is 5.18. The van der Waals surface area contributed by atoms with Crippen LogP contribution in [0.1, 0.15) is 25.1 Å². The Kier molecular flexibility index (Phi) is 7.87. The first kappa shape index (κ1) is 23.0. The van der Waals surface area contributed by atoms with Crippen LogP contribution in [0.5, 0.6) is 5.75 Å². The molecule has 0 spiro atoms. The molecular weight excluding hydrogens is 414 g/mol. The van der Waals surface area contributed by atoms with E-state index < -0.39 is 9.84 Å². The molecule has 29 heavy (non-hydrogen) atoms. The molecule has 0 aliphatic rings. The number of hydrogen-bond acceptors (Lipinski definition) is 5. The number of carbonyl (C=O) groups excluding carboxylic acids is 1. The summed E-state index contributed by atoms with van der Waals surface area (Å²) in [6.07, 6.45) is 4.19.